The fraction of sp³-hybridized carbons (Fsp3) is 0.750. The lowest BCUT2D eigenvalue weighted by Crippen LogP contribution is -2.47. The van der Waals surface area contributed by atoms with Crippen molar-refractivity contribution < 1.29 is 19.5 Å². The first kappa shape index (κ1) is 17.2. The van der Waals surface area contributed by atoms with Crippen LogP contribution in [0.2, 0.25) is 0 Å². The maximum absolute atomic E-state index is 12.0. The average molecular weight is 320 g/mol. The summed E-state index contributed by atoms with van der Waals surface area (Å²) < 4.78 is 0. The van der Waals surface area contributed by atoms with Crippen molar-refractivity contribution in [2.24, 2.45) is 0 Å². The molecule has 114 valence electrons. The van der Waals surface area contributed by atoms with E-state index in [-0.39, 0.29) is 23.6 Å². The number of thioether (sulfide) groups is 2. The molecule has 2 N–H and O–H groups in total. The van der Waals surface area contributed by atoms with Gasteiger partial charge in [0.15, 0.2) is 0 Å². The number of hydrogen-bond acceptors (Lipinski definition) is 5. The minimum absolute atomic E-state index is 0.0258. The van der Waals surface area contributed by atoms with Gasteiger partial charge in [-0.1, -0.05) is 6.92 Å². The van der Waals surface area contributed by atoms with E-state index in [1.807, 2.05) is 6.92 Å². The van der Waals surface area contributed by atoms with E-state index < -0.39 is 5.97 Å². The van der Waals surface area contributed by atoms with Crippen LogP contribution in [0, 0.1) is 0 Å². The van der Waals surface area contributed by atoms with E-state index in [1.54, 1.807) is 16.7 Å². The van der Waals surface area contributed by atoms with Gasteiger partial charge in [-0.15, -0.1) is 23.5 Å². The van der Waals surface area contributed by atoms with Crippen LogP contribution in [0.15, 0.2) is 0 Å². The molecule has 2 amide bonds. The molecule has 0 spiro atoms. The van der Waals surface area contributed by atoms with E-state index in [1.165, 1.54) is 11.8 Å². The highest BCUT2D eigenvalue weighted by atomic mass is 32.2. The Morgan fingerprint density at radius 1 is 1.45 bits per heavy atom. The summed E-state index contributed by atoms with van der Waals surface area (Å²) in [5.41, 5.74) is 0. The molecule has 1 aliphatic heterocycles. The summed E-state index contributed by atoms with van der Waals surface area (Å²) in [6.07, 6.45) is 1.25. The Kier molecular flexibility index (Phi) is 7.83. The number of nitrogens with zero attached hydrogens (tertiary/aromatic N) is 1. The Labute approximate surface area is 127 Å². The van der Waals surface area contributed by atoms with Crippen LogP contribution in [-0.4, -0.2) is 63.5 Å². The monoisotopic (exact) mass is 320 g/mol. The highest BCUT2D eigenvalue weighted by Crippen LogP contribution is 2.22. The van der Waals surface area contributed by atoms with Gasteiger partial charge in [-0.2, -0.15) is 0 Å². The zero-order valence-electron chi connectivity index (χ0n) is 11.5. The van der Waals surface area contributed by atoms with Crippen LogP contribution in [0.1, 0.15) is 19.8 Å². The van der Waals surface area contributed by atoms with E-state index in [2.05, 4.69) is 5.32 Å². The third-order valence-electron chi connectivity index (χ3n) is 2.74. The van der Waals surface area contributed by atoms with Crippen LogP contribution in [0.5, 0.6) is 0 Å². The third kappa shape index (κ3) is 5.62. The molecule has 20 heavy (non-hydrogen) atoms. The minimum Gasteiger partial charge on any atom is -0.481 e. The highest BCUT2D eigenvalue weighted by molar-refractivity contribution is 8.00. The predicted molar refractivity (Wildman–Crippen MR) is 80.8 cm³/mol. The van der Waals surface area contributed by atoms with E-state index in [9.17, 15) is 14.4 Å². The Hall–Kier alpha value is -0.890. The Morgan fingerprint density at radius 3 is 2.85 bits per heavy atom. The summed E-state index contributed by atoms with van der Waals surface area (Å²) in [6, 6.07) is -0.386. The van der Waals surface area contributed by atoms with Gasteiger partial charge >= 0.3 is 5.97 Å². The molecular formula is C12H20N2O4S2. The number of rotatable bonds is 8. The van der Waals surface area contributed by atoms with Crippen LogP contribution in [0.4, 0.5) is 0 Å². The fourth-order valence-electron chi connectivity index (χ4n) is 1.79. The molecule has 0 aromatic carbocycles. The summed E-state index contributed by atoms with van der Waals surface area (Å²) in [4.78, 5) is 35.9. The Bertz CT molecular complexity index is 365. The molecule has 0 aromatic rings. The number of carbonyl (C=O) groups is 3. The van der Waals surface area contributed by atoms with Gasteiger partial charge in [0.1, 0.15) is 6.04 Å². The molecule has 1 fully saturated rings. The van der Waals surface area contributed by atoms with Crippen molar-refractivity contribution in [2.45, 2.75) is 25.8 Å². The first-order valence-electron chi connectivity index (χ1n) is 6.50. The van der Waals surface area contributed by atoms with Gasteiger partial charge in [0, 0.05) is 24.5 Å². The molecular weight excluding hydrogens is 300 g/mol. The van der Waals surface area contributed by atoms with E-state index >= 15 is 0 Å². The summed E-state index contributed by atoms with van der Waals surface area (Å²) in [7, 11) is 0. The Morgan fingerprint density at radius 2 is 2.20 bits per heavy atom. The molecule has 1 rings (SSSR count). The number of aliphatic carboxylic acids is 1. The van der Waals surface area contributed by atoms with Crippen LogP contribution in [-0.2, 0) is 14.4 Å². The third-order valence-corrected chi connectivity index (χ3v) is 4.70. The molecule has 8 heteroatoms. The molecule has 0 saturated carbocycles. The molecule has 0 aromatic heterocycles. The maximum atomic E-state index is 12.0. The van der Waals surface area contributed by atoms with Crippen molar-refractivity contribution in [2.75, 3.05) is 29.7 Å². The largest absolute Gasteiger partial charge is 0.481 e. The zero-order chi connectivity index (χ0) is 15.0. The van der Waals surface area contributed by atoms with E-state index in [0.29, 0.717) is 30.3 Å². The van der Waals surface area contributed by atoms with Crippen molar-refractivity contribution in [1.29, 1.82) is 0 Å². The molecule has 0 aliphatic carbocycles. The molecule has 1 unspecified atom stereocenters. The summed E-state index contributed by atoms with van der Waals surface area (Å²) in [5, 5.41) is 11.3. The van der Waals surface area contributed by atoms with E-state index in [0.717, 1.165) is 6.42 Å². The standard InChI is InChI=1S/C12H20N2O4S2/c1-2-3-10(15)14-8-20-6-9(14)12(18)13-4-5-19-7-11(16)17/h9H,2-8H2,1H3,(H,13,18)(H,16,17). The van der Waals surface area contributed by atoms with Crippen LogP contribution >= 0.6 is 23.5 Å². The van der Waals surface area contributed by atoms with Gasteiger partial charge in [0.2, 0.25) is 11.8 Å². The normalized spacial score (nSPS) is 18.1. The van der Waals surface area contributed by atoms with Crippen molar-refractivity contribution >= 4 is 41.3 Å². The molecule has 1 heterocycles. The minimum atomic E-state index is -0.857. The number of carboxylic acid groups (broad SMARTS) is 1. The molecule has 1 atom stereocenters. The quantitative estimate of drug-likeness (QED) is 0.638. The first-order chi connectivity index (χ1) is 9.56. The second-order valence-corrected chi connectivity index (χ2v) is 6.47. The van der Waals surface area contributed by atoms with E-state index in [4.69, 9.17) is 5.11 Å². The fourth-order valence-corrected chi connectivity index (χ4v) is 3.53. The zero-order valence-corrected chi connectivity index (χ0v) is 13.1. The Balaban J connectivity index is 2.30. The van der Waals surface area contributed by atoms with Gasteiger partial charge in [-0.3, -0.25) is 14.4 Å². The maximum Gasteiger partial charge on any atom is 0.313 e. The lowest BCUT2D eigenvalue weighted by Gasteiger charge is -2.22. The lowest BCUT2D eigenvalue weighted by atomic mass is 10.2. The van der Waals surface area contributed by atoms with Crippen molar-refractivity contribution in [3.05, 3.63) is 0 Å². The highest BCUT2D eigenvalue weighted by Gasteiger charge is 2.33. The SMILES string of the molecule is CCCC(=O)N1CSCC1C(=O)NCCSCC(=O)O. The number of amides is 2. The van der Waals surface area contributed by atoms with Crippen LogP contribution in [0.25, 0.3) is 0 Å². The summed E-state index contributed by atoms with van der Waals surface area (Å²) in [6.45, 7) is 2.36. The van der Waals surface area contributed by atoms with Crippen LogP contribution in [0.3, 0.4) is 0 Å². The summed E-state index contributed by atoms with van der Waals surface area (Å²) in [5.74, 6) is 0.823. The first-order valence-corrected chi connectivity index (χ1v) is 8.81. The van der Waals surface area contributed by atoms with Gasteiger partial charge in [0.25, 0.3) is 0 Å². The lowest BCUT2D eigenvalue weighted by molar-refractivity contribution is -0.138. The van der Waals surface area contributed by atoms with Crippen molar-refractivity contribution in [1.82, 2.24) is 10.2 Å². The molecule has 1 aliphatic rings. The van der Waals surface area contributed by atoms with Gasteiger partial charge < -0.3 is 15.3 Å². The summed E-state index contributed by atoms with van der Waals surface area (Å²) >= 11 is 2.84. The number of nitrogens with one attached hydrogen (secondary N) is 1. The smallest absolute Gasteiger partial charge is 0.313 e. The number of carbonyl (C=O) groups excluding carboxylic acids is 2. The van der Waals surface area contributed by atoms with Gasteiger partial charge in [-0.25, -0.2) is 0 Å². The van der Waals surface area contributed by atoms with Gasteiger partial charge in [-0.05, 0) is 6.42 Å². The van der Waals surface area contributed by atoms with Crippen molar-refractivity contribution in [3.63, 3.8) is 0 Å². The van der Waals surface area contributed by atoms with Gasteiger partial charge in [0.05, 0.1) is 11.6 Å². The topological polar surface area (TPSA) is 86.7 Å². The van der Waals surface area contributed by atoms with Crippen molar-refractivity contribution in [3.8, 4) is 0 Å². The average Bonchev–Trinajstić information content (AvgIpc) is 2.87. The number of hydrogen-bond donors (Lipinski definition) is 2. The number of carboxylic acids is 1. The molecule has 0 radical (unpaired) electrons. The molecule has 6 nitrogen and oxygen atoms in total. The molecule has 0 bridgehead atoms. The van der Waals surface area contributed by atoms with Crippen LogP contribution < -0.4 is 5.32 Å². The predicted octanol–water partition coefficient (Wildman–Crippen LogP) is 0.622. The second-order valence-electron chi connectivity index (χ2n) is 4.37. The second kappa shape index (κ2) is 9.12. The molecule has 1 saturated heterocycles.